The van der Waals surface area contributed by atoms with Crippen LogP contribution in [0.15, 0.2) is 41.4 Å². The normalized spacial score (nSPS) is 11.5. The molecule has 0 aliphatic carbocycles. The first-order valence-electron chi connectivity index (χ1n) is 7.29. The summed E-state index contributed by atoms with van der Waals surface area (Å²) in [6.07, 6.45) is 4.62. The zero-order chi connectivity index (χ0) is 17.3. The van der Waals surface area contributed by atoms with E-state index in [4.69, 9.17) is 16.1 Å². The van der Waals surface area contributed by atoms with Crippen LogP contribution >= 0.6 is 11.6 Å². The number of hydrogen-bond acceptors (Lipinski definition) is 5. The van der Waals surface area contributed by atoms with Gasteiger partial charge in [-0.25, -0.2) is 9.67 Å². The lowest BCUT2D eigenvalue weighted by molar-refractivity contribution is 0.102. The molecular weight excluding hydrogens is 330 g/mol. The number of hydrogen-bond donors (Lipinski definition) is 1. The average molecular weight is 346 g/mol. The quantitative estimate of drug-likeness (QED) is 0.785. The molecule has 0 unspecified atom stereocenters. The molecule has 0 atom stereocenters. The van der Waals surface area contributed by atoms with Gasteiger partial charge in [-0.1, -0.05) is 37.5 Å². The predicted octanol–water partition coefficient (Wildman–Crippen LogP) is 3.46. The number of halogens is 1. The lowest BCUT2D eigenvalue weighted by Crippen LogP contribution is -2.20. The minimum Gasteiger partial charge on any atom is -0.364 e. The van der Waals surface area contributed by atoms with Crippen LogP contribution in [0.5, 0.6) is 0 Å². The molecule has 8 heteroatoms. The summed E-state index contributed by atoms with van der Waals surface area (Å²) in [7, 11) is 0. The van der Waals surface area contributed by atoms with Crippen LogP contribution in [0.25, 0.3) is 5.82 Å². The number of aromatic nitrogens is 4. The second kappa shape index (κ2) is 6.09. The third-order valence-corrected chi connectivity index (χ3v) is 3.61. The molecule has 3 aromatic heterocycles. The maximum absolute atomic E-state index is 12.5. The molecule has 3 heterocycles. The molecule has 0 spiro atoms. The van der Waals surface area contributed by atoms with Crippen LogP contribution in [0.4, 0.5) is 5.82 Å². The Balaban J connectivity index is 1.82. The Morgan fingerprint density at radius 1 is 1.33 bits per heavy atom. The van der Waals surface area contributed by atoms with E-state index in [2.05, 4.69) is 20.6 Å². The van der Waals surface area contributed by atoms with Gasteiger partial charge >= 0.3 is 0 Å². The van der Waals surface area contributed by atoms with E-state index < -0.39 is 0 Å². The van der Waals surface area contributed by atoms with E-state index in [9.17, 15) is 4.79 Å². The number of pyridine rings is 1. The van der Waals surface area contributed by atoms with E-state index in [0.717, 1.165) is 0 Å². The number of carbonyl (C=O) groups excluding carboxylic acids is 1. The Labute approximate surface area is 143 Å². The van der Waals surface area contributed by atoms with Gasteiger partial charge in [0.25, 0.3) is 5.91 Å². The van der Waals surface area contributed by atoms with Crippen molar-refractivity contribution in [1.29, 1.82) is 0 Å². The third kappa shape index (κ3) is 3.16. The van der Waals surface area contributed by atoms with Gasteiger partial charge < -0.3 is 9.84 Å². The highest BCUT2D eigenvalue weighted by atomic mass is 35.5. The fourth-order valence-electron chi connectivity index (χ4n) is 2.18. The Bertz CT molecular complexity index is 878. The molecule has 0 saturated heterocycles. The SMILES string of the molecule is CC(C)(C)c1nocc1C(=O)Nc1ccn(-c2ncccc2Cl)n1. The first-order valence-corrected chi connectivity index (χ1v) is 7.67. The fourth-order valence-corrected chi connectivity index (χ4v) is 2.39. The monoisotopic (exact) mass is 345 g/mol. The standard InChI is InChI=1S/C16H16ClN5O2/c1-16(2,3)13-10(9-24-21-13)15(23)19-12-6-8-22(20-12)14-11(17)5-4-7-18-14/h4-9H,1-3H3,(H,19,20,23). The van der Waals surface area contributed by atoms with Gasteiger partial charge in [0.05, 0.1) is 5.02 Å². The molecule has 1 amide bonds. The van der Waals surface area contributed by atoms with Crippen LogP contribution in [-0.4, -0.2) is 25.8 Å². The van der Waals surface area contributed by atoms with Gasteiger partial charge in [0, 0.05) is 23.9 Å². The van der Waals surface area contributed by atoms with E-state index in [1.165, 1.54) is 10.9 Å². The molecule has 7 nitrogen and oxygen atoms in total. The largest absolute Gasteiger partial charge is 0.364 e. The van der Waals surface area contributed by atoms with Gasteiger partial charge in [-0.3, -0.25) is 4.79 Å². The van der Waals surface area contributed by atoms with Gasteiger partial charge in [-0.15, -0.1) is 5.10 Å². The number of nitrogens with one attached hydrogen (secondary N) is 1. The summed E-state index contributed by atoms with van der Waals surface area (Å²) in [5.41, 5.74) is 0.667. The molecule has 3 aromatic rings. The van der Waals surface area contributed by atoms with E-state index in [-0.39, 0.29) is 11.3 Å². The van der Waals surface area contributed by atoms with Gasteiger partial charge in [0.1, 0.15) is 17.5 Å². The number of nitrogens with zero attached hydrogens (tertiary/aromatic N) is 4. The molecular formula is C16H16ClN5O2. The maximum atomic E-state index is 12.5. The van der Waals surface area contributed by atoms with E-state index >= 15 is 0 Å². The van der Waals surface area contributed by atoms with Crippen LogP contribution in [0.2, 0.25) is 5.02 Å². The Hall–Kier alpha value is -2.67. The fraction of sp³-hybridized carbons (Fsp3) is 0.250. The minimum atomic E-state index is -0.335. The first-order chi connectivity index (χ1) is 11.4. The highest BCUT2D eigenvalue weighted by Crippen LogP contribution is 2.25. The summed E-state index contributed by atoms with van der Waals surface area (Å²) in [4.78, 5) is 16.6. The smallest absolute Gasteiger partial charge is 0.262 e. The Morgan fingerprint density at radius 2 is 2.12 bits per heavy atom. The summed E-state index contributed by atoms with van der Waals surface area (Å²) >= 11 is 6.09. The predicted molar refractivity (Wildman–Crippen MR) is 89.5 cm³/mol. The molecule has 0 saturated carbocycles. The Morgan fingerprint density at radius 3 is 2.83 bits per heavy atom. The number of amides is 1. The summed E-state index contributed by atoms with van der Waals surface area (Å²) in [5.74, 6) is 0.529. The van der Waals surface area contributed by atoms with Crippen molar-refractivity contribution in [2.75, 3.05) is 5.32 Å². The average Bonchev–Trinajstić information content (AvgIpc) is 3.16. The van der Waals surface area contributed by atoms with Crippen molar-refractivity contribution >= 4 is 23.3 Å². The zero-order valence-corrected chi connectivity index (χ0v) is 14.2. The second-order valence-electron chi connectivity index (χ2n) is 6.24. The molecule has 1 N–H and O–H groups in total. The highest BCUT2D eigenvalue weighted by Gasteiger charge is 2.26. The van der Waals surface area contributed by atoms with Gasteiger partial charge in [0.2, 0.25) is 0 Å². The van der Waals surface area contributed by atoms with Gasteiger partial charge in [-0.2, -0.15) is 0 Å². The van der Waals surface area contributed by atoms with Crippen LogP contribution in [0, 0.1) is 0 Å². The number of rotatable bonds is 3. The third-order valence-electron chi connectivity index (χ3n) is 3.31. The summed E-state index contributed by atoms with van der Waals surface area (Å²) in [6.45, 7) is 5.87. The molecule has 0 radical (unpaired) electrons. The van der Waals surface area contributed by atoms with Crippen molar-refractivity contribution in [2.45, 2.75) is 26.2 Å². The number of carbonyl (C=O) groups is 1. The summed E-state index contributed by atoms with van der Waals surface area (Å²) < 4.78 is 6.45. The number of anilines is 1. The second-order valence-corrected chi connectivity index (χ2v) is 6.64. The van der Waals surface area contributed by atoms with Crippen LogP contribution in [0.3, 0.4) is 0 Å². The van der Waals surface area contributed by atoms with Crippen molar-refractivity contribution in [2.24, 2.45) is 0 Å². The van der Waals surface area contributed by atoms with E-state index in [1.807, 2.05) is 20.8 Å². The molecule has 124 valence electrons. The first kappa shape index (κ1) is 16.2. The molecule has 0 fully saturated rings. The lowest BCUT2D eigenvalue weighted by atomic mass is 9.89. The van der Waals surface area contributed by atoms with Crippen LogP contribution in [0.1, 0.15) is 36.8 Å². The molecule has 0 bridgehead atoms. The van der Waals surface area contributed by atoms with E-state index in [1.54, 1.807) is 30.6 Å². The van der Waals surface area contributed by atoms with Crippen molar-refractivity contribution in [3.63, 3.8) is 0 Å². The van der Waals surface area contributed by atoms with Gasteiger partial charge in [-0.05, 0) is 12.1 Å². The zero-order valence-electron chi connectivity index (χ0n) is 13.4. The summed E-state index contributed by atoms with van der Waals surface area (Å²) in [5, 5.41) is 11.4. The maximum Gasteiger partial charge on any atom is 0.262 e. The van der Waals surface area contributed by atoms with Crippen molar-refractivity contribution < 1.29 is 9.32 Å². The summed E-state index contributed by atoms with van der Waals surface area (Å²) in [6, 6.07) is 5.11. The molecule has 3 rings (SSSR count). The minimum absolute atomic E-state index is 0.305. The Kier molecular flexibility index (Phi) is 4.11. The van der Waals surface area contributed by atoms with Crippen molar-refractivity contribution in [3.8, 4) is 5.82 Å². The van der Waals surface area contributed by atoms with Crippen molar-refractivity contribution in [1.82, 2.24) is 19.9 Å². The van der Waals surface area contributed by atoms with Crippen LogP contribution in [-0.2, 0) is 5.41 Å². The molecule has 0 aromatic carbocycles. The van der Waals surface area contributed by atoms with Gasteiger partial charge in [0.15, 0.2) is 11.6 Å². The van der Waals surface area contributed by atoms with Crippen molar-refractivity contribution in [3.05, 3.63) is 53.1 Å². The molecule has 0 aliphatic rings. The van der Waals surface area contributed by atoms with Crippen LogP contribution < -0.4 is 5.32 Å². The highest BCUT2D eigenvalue weighted by molar-refractivity contribution is 6.32. The topological polar surface area (TPSA) is 85.8 Å². The molecule has 0 aliphatic heterocycles. The van der Waals surface area contributed by atoms with E-state index in [0.29, 0.717) is 27.9 Å². The molecule has 24 heavy (non-hydrogen) atoms. The lowest BCUT2D eigenvalue weighted by Gasteiger charge is -2.15.